The Balaban J connectivity index is 2.02. The van der Waals surface area contributed by atoms with Crippen LogP contribution in [0.1, 0.15) is 12.0 Å². The monoisotopic (exact) mass is 251 g/mol. The normalized spacial score (nSPS) is 30.1. The molecule has 100 valence electrons. The molecule has 0 spiro atoms. The third-order valence-electron chi connectivity index (χ3n) is 3.49. The maximum atomic E-state index is 9.85. The molecule has 1 aromatic rings. The molecule has 0 bridgehead atoms. The quantitative estimate of drug-likeness (QED) is 0.719. The van der Waals surface area contributed by atoms with Gasteiger partial charge in [-0.2, -0.15) is 0 Å². The van der Waals surface area contributed by atoms with Gasteiger partial charge in [-0.25, -0.2) is 0 Å². The van der Waals surface area contributed by atoms with Crippen LogP contribution in [0.4, 0.5) is 0 Å². The first-order chi connectivity index (χ1) is 8.69. The summed E-state index contributed by atoms with van der Waals surface area (Å²) in [5.74, 6) is 0.0286. The zero-order valence-corrected chi connectivity index (χ0v) is 10.4. The third kappa shape index (κ3) is 3.53. The highest BCUT2D eigenvalue weighted by Gasteiger charge is 2.28. The average molecular weight is 251 g/mol. The molecule has 1 aromatic carbocycles. The van der Waals surface area contributed by atoms with Gasteiger partial charge in [0.05, 0.1) is 12.2 Å². The molecule has 0 aromatic heterocycles. The van der Waals surface area contributed by atoms with Gasteiger partial charge in [-0.05, 0) is 17.9 Å². The van der Waals surface area contributed by atoms with Crippen LogP contribution in [0.25, 0.3) is 0 Å². The molecule has 0 amide bonds. The molecule has 2 rings (SSSR count). The summed E-state index contributed by atoms with van der Waals surface area (Å²) < 4.78 is 0. The van der Waals surface area contributed by atoms with Crippen LogP contribution >= 0.6 is 0 Å². The van der Waals surface area contributed by atoms with E-state index in [0.29, 0.717) is 19.5 Å². The lowest BCUT2D eigenvalue weighted by atomic mass is 10.0. The third-order valence-corrected chi connectivity index (χ3v) is 3.49. The maximum Gasteiger partial charge on any atom is 0.0925 e. The van der Waals surface area contributed by atoms with Crippen LogP contribution in [0.15, 0.2) is 30.3 Å². The predicted octanol–water partition coefficient (Wildman–Crippen LogP) is 0.223. The first-order valence-electron chi connectivity index (χ1n) is 6.42. The van der Waals surface area contributed by atoms with Crippen molar-refractivity contribution >= 4 is 0 Å². The molecule has 1 aliphatic rings. The summed E-state index contributed by atoms with van der Waals surface area (Å²) in [4.78, 5) is 2.09. The summed E-state index contributed by atoms with van der Waals surface area (Å²) in [6.45, 7) is 1.95. The molecular formula is C14H21NO3. The number of hydrogen-bond donors (Lipinski definition) is 3. The van der Waals surface area contributed by atoms with Gasteiger partial charge in [0.2, 0.25) is 0 Å². The molecule has 3 N–H and O–H groups in total. The number of likely N-dealkylation sites (tertiary alicyclic amines) is 1. The van der Waals surface area contributed by atoms with E-state index in [-0.39, 0.29) is 12.5 Å². The number of β-amino-alcohol motifs (C(OH)–C–C–N with tert-alkyl or cyclic N) is 1. The summed E-state index contributed by atoms with van der Waals surface area (Å²) in [6.07, 6.45) is -1.00. The van der Waals surface area contributed by atoms with Crippen molar-refractivity contribution in [3.63, 3.8) is 0 Å². The highest BCUT2D eigenvalue weighted by molar-refractivity contribution is 5.14. The lowest BCUT2D eigenvalue weighted by molar-refractivity contribution is 0.00434. The zero-order chi connectivity index (χ0) is 13.0. The Labute approximate surface area is 107 Å². The van der Waals surface area contributed by atoms with Gasteiger partial charge in [0.25, 0.3) is 0 Å². The lowest BCUT2D eigenvalue weighted by Gasteiger charge is -2.24. The largest absolute Gasteiger partial charge is 0.396 e. The number of aliphatic hydroxyl groups excluding tert-OH is 3. The van der Waals surface area contributed by atoms with Crippen molar-refractivity contribution in [2.75, 3.05) is 19.7 Å². The molecule has 4 nitrogen and oxygen atoms in total. The molecule has 0 unspecified atom stereocenters. The zero-order valence-electron chi connectivity index (χ0n) is 10.4. The fourth-order valence-corrected chi connectivity index (χ4v) is 2.50. The molecule has 0 saturated carbocycles. The molecule has 0 aliphatic carbocycles. The molecule has 1 aliphatic heterocycles. The van der Waals surface area contributed by atoms with Crippen LogP contribution in [-0.2, 0) is 6.54 Å². The summed E-state index contributed by atoms with van der Waals surface area (Å²) in [7, 11) is 0. The van der Waals surface area contributed by atoms with Crippen LogP contribution in [0.2, 0.25) is 0 Å². The van der Waals surface area contributed by atoms with E-state index in [1.165, 1.54) is 5.56 Å². The Morgan fingerprint density at radius 2 is 1.78 bits per heavy atom. The van der Waals surface area contributed by atoms with Gasteiger partial charge in [0.15, 0.2) is 0 Å². The molecule has 0 radical (unpaired) electrons. The molecular weight excluding hydrogens is 230 g/mol. The molecule has 4 heteroatoms. The Bertz CT molecular complexity index is 357. The van der Waals surface area contributed by atoms with Crippen molar-refractivity contribution in [3.8, 4) is 0 Å². The van der Waals surface area contributed by atoms with E-state index in [2.05, 4.69) is 4.90 Å². The number of rotatable bonds is 3. The summed E-state index contributed by atoms with van der Waals surface area (Å²) >= 11 is 0. The Kier molecular flexibility index (Phi) is 4.72. The van der Waals surface area contributed by atoms with Crippen molar-refractivity contribution in [2.45, 2.75) is 25.2 Å². The van der Waals surface area contributed by atoms with Crippen LogP contribution in [-0.4, -0.2) is 52.1 Å². The number of hydrogen-bond acceptors (Lipinski definition) is 4. The fourth-order valence-electron chi connectivity index (χ4n) is 2.50. The van der Waals surface area contributed by atoms with E-state index >= 15 is 0 Å². The van der Waals surface area contributed by atoms with Crippen molar-refractivity contribution < 1.29 is 15.3 Å². The summed E-state index contributed by atoms with van der Waals surface area (Å²) in [5, 5.41) is 28.9. The van der Waals surface area contributed by atoms with Gasteiger partial charge in [0.1, 0.15) is 0 Å². The van der Waals surface area contributed by atoms with Crippen molar-refractivity contribution in [1.29, 1.82) is 0 Å². The van der Waals surface area contributed by atoms with Crippen molar-refractivity contribution in [3.05, 3.63) is 35.9 Å². The second-order valence-electron chi connectivity index (χ2n) is 5.10. The summed E-state index contributed by atoms with van der Waals surface area (Å²) in [6, 6.07) is 10.0. The Morgan fingerprint density at radius 3 is 2.44 bits per heavy atom. The van der Waals surface area contributed by atoms with Gasteiger partial charge < -0.3 is 15.3 Å². The van der Waals surface area contributed by atoms with Gasteiger partial charge in [-0.15, -0.1) is 0 Å². The minimum absolute atomic E-state index is 0.0286. The minimum atomic E-state index is -0.733. The van der Waals surface area contributed by atoms with Gasteiger partial charge in [0, 0.05) is 26.2 Å². The number of aliphatic hydroxyl groups is 3. The predicted molar refractivity (Wildman–Crippen MR) is 68.9 cm³/mol. The van der Waals surface area contributed by atoms with Crippen LogP contribution in [0, 0.1) is 5.92 Å². The Hall–Kier alpha value is -0.940. The second-order valence-corrected chi connectivity index (χ2v) is 5.10. The lowest BCUT2D eigenvalue weighted by Crippen LogP contribution is -2.36. The summed E-state index contributed by atoms with van der Waals surface area (Å²) in [5.41, 5.74) is 1.18. The first-order valence-corrected chi connectivity index (χ1v) is 6.42. The van der Waals surface area contributed by atoms with Gasteiger partial charge in [-0.3, -0.25) is 4.90 Å². The smallest absolute Gasteiger partial charge is 0.0925 e. The Morgan fingerprint density at radius 1 is 1.06 bits per heavy atom. The highest BCUT2D eigenvalue weighted by Crippen LogP contribution is 2.19. The SMILES string of the molecule is OC[C@H]1C[C@H](O)[C@H](O)CN(Cc2ccccc2)C1. The topological polar surface area (TPSA) is 63.9 Å². The van der Waals surface area contributed by atoms with Crippen LogP contribution in [0.5, 0.6) is 0 Å². The van der Waals surface area contributed by atoms with Crippen molar-refractivity contribution in [2.24, 2.45) is 5.92 Å². The maximum absolute atomic E-state index is 9.85. The van der Waals surface area contributed by atoms with Crippen LogP contribution < -0.4 is 0 Å². The molecule has 1 heterocycles. The van der Waals surface area contributed by atoms with E-state index in [1.807, 2.05) is 30.3 Å². The van der Waals surface area contributed by atoms with E-state index in [1.54, 1.807) is 0 Å². The number of benzene rings is 1. The molecule has 18 heavy (non-hydrogen) atoms. The van der Waals surface area contributed by atoms with Gasteiger partial charge >= 0.3 is 0 Å². The van der Waals surface area contributed by atoms with Crippen LogP contribution in [0.3, 0.4) is 0 Å². The highest BCUT2D eigenvalue weighted by atomic mass is 16.3. The minimum Gasteiger partial charge on any atom is -0.396 e. The van der Waals surface area contributed by atoms with E-state index in [9.17, 15) is 15.3 Å². The second kappa shape index (κ2) is 6.29. The molecule has 3 atom stereocenters. The molecule has 1 saturated heterocycles. The van der Waals surface area contributed by atoms with E-state index in [4.69, 9.17) is 0 Å². The fraction of sp³-hybridized carbons (Fsp3) is 0.571. The van der Waals surface area contributed by atoms with Gasteiger partial charge in [-0.1, -0.05) is 30.3 Å². The standard InChI is InChI=1S/C14H21NO3/c16-10-12-6-13(17)14(18)9-15(8-12)7-11-4-2-1-3-5-11/h1-5,12-14,16-18H,6-10H2/t12-,13-,14+/m0/s1. The number of nitrogens with zero attached hydrogens (tertiary/aromatic N) is 1. The van der Waals surface area contributed by atoms with E-state index in [0.717, 1.165) is 6.54 Å². The van der Waals surface area contributed by atoms with E-state index < -0.39 is 12.2 Å². The van der Waals surface area contributed by atoms with Crippen molar-refractivity contribution in [1.82, 2.24) is 4.90 Å². The molecule has 1 fully saturated rings. The first kappa shape index (κ1) is 13.5. The average Bonchev–Trinajstić information content (AvgIpc) is 2.50.